The second-order valence-electron chi connectivity index (χ2n) is 8.74. The fourth-order valence-electron chi connectivity index (χ4n) is 3.71. The van der Waals surface area contributed by atoms with Gasteiger partial charge in [-0.05, 0) is 67.7 Å². The van der Waals surface area contributed by atoms with Crippen molar-refractivity contribution in [1.29, 1.82) is 0 Å². The van der Waals surface area contributed by atoms with E-state index in [9.17, 15) is 19.5 Å². The molecular weight excluding hydrogens is 466 g/mol. The van der Waals surface area contributed by atoms with E-state index in [0.717, 1.165) is 23.3 Å². The van der Waals surface area contributed by atoms with Crippen molar-refractivity contribution >= 4 is 29.3 Å². The lowest BCUT2D eigenvalue weighted by Gasteiger charge is -2.11. The number of aryl methyl sites for hydroxylation is 1. The number of ketones is 1. The van der Waals surface area contributed by atoms with Crippen molar-refractivity contribution in [2.45, 2.75) is 78.6 Å². The maximum absolute atomic E-state index is 13.0. The number of carbonyl (C=O) groups is 2. The first-order chi connectivity index (χ1) is 16.6. The number of hydrogen-bond donors (Lipinski definition) is 3. The van der Waals surface area contributed by atoms with E-state index in [0.29, 0.717) is 18.4 Å². The standard InChI is InChI=1S/C27H35NO6S/c1-5-6-7-8-12-20-16-35-23(19(20)4)14-18(3)25(30)24-21(29)15-22(34-26(24)31)17(2)11-9-10-13-28-27(32)33/h10,13-17,28-29H,5-9,11-12H2,1-4H3,(H,32,33). The predicted molar refractivity (Wildman–Crippen MR) is 139 cm³/mol. The fraction of sp³-hybridized carbons (Fsp3) is 0.444. The molecule has 8 heteroatoms. The van der Waals surface area contributed by atoms with Gasteiger partial charge in [-0.25, -0.2) is 9.59 Å². The number of nitrogens with one attached hydrogen (secondary N) is 1. The molecule has 2 aromatic heterocycles. The summed E-state index contributed by atoms with van der Waals surface area (Å²) in [5, 5.41) is 23.3. The summed E-state index contributed by atoms with van der Waals surface area (Å²) in [5.41, 5.74) is 1.55. The highest BCUT2D eigenvalue weighted by molar-refractivity contribution is 7.11. The molecule has 0 radical (unpaired) electrons. The van der Waals surface area contributed by atoms with Crippen molar-refractivity contribution < 1.29 is 24.2 Å². The van der Waals surface area contributed by atoms with Gasteiger partial charge in [-0.2, -0.15) is 0 Å². The van der Waals surface area contributed by atoms with Crippen LogP contribution in [0.15, 0.2) is 38.5 Å². The highest BCUT2D eigenvalue weighted by atomic mass is 32.1. The molecule has 3 N–H and O–H groups in total. The summed E-state index contributed by atoms with van der Waals surface area (Å²) < 4.78 is 5.36. The summed E-state index contributed by atoms with van der Waals surface area (Å²) in [6.45, 7) is 7.69. The van der Waals surface area contributed by atoms with E-state index in [2.05, 4.69) is 17.6 Å². The molecule has 0 spiro atoms. The molecule has 2 aromatic rings. The number of amides is 1. The van der Waals surface area contributed by atoms with Crippen LogP contribution in [-0.2, 0) is 6.42 Å². The van der Waals surface area contributed by atoms with Gasteiger partial charge in [0.05, 0.1) is 0 Å². The number of aromatic hydroxyl groups is 1. The van der Waals surface area contributed by atoms with Gasteiger partial charge in [0.25, 0.3) is 0 Å². The third-order valence-corrected chi connectivity index (χ3v) is 7.02. The van der Waals surface area contributed by atoms with Gasteiger partial charge in [-0.1, -0.05) is 39.2 Å². The minimum atomic E-state index is -1.15. The number of rotatable bonds is 13. The van der Waals surface area contributed by atoms with Gasteiger partial charge in [-0.15, -0.1) is 11.3 Å². The first-order valence-electron chi connectivity index (χ1n) is 12.0. The van der Waals surface area contributed by atoms with Crippen molar-refractivity contribution in [3.05, 3.63) is 67.0 Å². The molecule has 190 valence electrons. The Morgan fingerprint density at radius 3 is 2.66 bits per heavy atom. The molecular formula is C27H35NO6S. The molecule has 2 rings (SSSR count). The summed E-state index contributed by atoms with van der Waals surface area (Å²) in [4.78, 5) is 37.0. The van der Waals surface area contributed by atoms with E-state index >= 15 is 0 Å². The van der Waals surface area contributed by atoms with Crippen molar-refractivity contribution in [1.82, 2.24) is 5.32 Å². The molecule has 0 bridgehead atoms. The Morgan fingerprint density at radius 1 is 1.26 bits per heavy atom. The van der Waals surface area contributed by atoms with Crippen LogP contribution in [0.2, 0.25) is 0 Å². The van der Waals surface area contributed by atoms with E-state index in [1.54, 1.807) is 30.4 Å². The van der Waals surface area contributed by atoms with Crippen LogP contribution in [0.25, 0.3) is 6.08 Å². The highest BCUT2D eigenvalue weighted by Gasteiger charge is 2.22. The zero-order chi connectivity index (χ0) is 26.0. The third-order valence-electron chi connectivity index (χ3n) is 5.94. The van der Waals surface area contributed by atoms with Crippen LogP contribution >= 0.6 is 11.3 Å². The Labute approximate surface area is 210 Å². The topological polar surface area (TPSA) is 117 Å². The molecule has 0 fully saturated rings. The maximum Gasteiger partial charge on any atom is 0.408 e. The van der Waals surface area contributed by atoms with Gasteiger partial charge in [-0.3, -0.25) is 10.1 Å². The Kier molecular flexibility index (Phi) is 11.0. The third kappa shape index (κ3) is 8.24. The molecule has 1 unspecified atom stereocenters. The molecule has 0 aliphatic rings. The lowest BCUT2D eigenvalue weighted by molar-refractivity contribution is 0.102. The Balaban J connectivity index is 2.12. The molecule has 1 amide bonds. The SMILES string of the molecule is CCCCCCc1csc(C=C(C)C(=O)c2c(O)cc(C(C)CCC=CNC(=O)O)oc2=O)c1C. The molecule has 0 aromatic carbocycles. The summed E-state index contributed by atoms with van der Waals surface area (Å²) >= 11 is 1.57. The molecule has 35 heavy (non-hydrogen) atoms. The summed E-state index contributed by atoms with van der Waals surface area (Å²) in [6, 6.07) is 1.32. The van der Waals surface area contributed by atoms with Crippen LogP contribution < -0.4 is 10.9 Å². The second kappa shape index (κ2) is 13.7. The van der Waals surface area contributed by atoms with Gasteiger partial charge in [0, 0.05) is 23.1 Å². The van der Waals surface area contributed by atoms with E-state index in [-0.39, 0.29) is 17.2 Å². The number of unbranched alkanes of at least 4 members (excludes halogenated alkanes) is 3. The van der Waals surface area contributed by atoms with Crippen LogP contribution in [0, 0.1) is 6.92 Å². The molecule has 2 heterocycles. The second-order valence-corrected chi connectivity index (χ2v) is 9.66. The maximum atomic E-state index is 13.0. The molecule has 0 saturated carbocycles. The predicted octanol–water partition coefficient (Wildman–Crippen LogP) is 6.79. The number of hydrogen-bond acceptors (Lipinski definition) is 6. The first kappa shape index (κ1) is 28.1. The lowest BCUT2D eigenvalue weighted by Crippen LogP contribution is -2.16. The van der Waals surface area contributed by atoms with Crippen LogP contribution in [0.5, 0.6) is 5.75 Å². The minimum Gasteiger partial charge on any atom is -0.507 e. The summed E-state index contributed by atoms with van der Waals surface area (Å²) in [6.07, 6.45) is 10.5. The summed E-state index contributed by atoms with van der Waals surface area (Å²) in [7, 11) is 0. The van der Waals surface area contributed by atoms with Gasteiger partial charge in [0.15, 0.2) is 5.78 Å². The van der Waals surface area contributed by atoms with Gasteiger partial charge < -0.3 is 14.6 Å². The Hall–Kier alpha value is -3.13. The zero-order valence-electron chi connectivity index (χ0n) is 20.8. The first-order valence-corrected chi connectivity index (χ1v) is 12.8. The number of carboxylic acid groups (broad SMARTS) is 1. The summed E-state index contributed by atoms with van der Waals surface area (Å²) in [5.74, 6) is -0.903. The van der Waals surface area contributed by atoms with Crippen molar-refractivity contribution in [2.24, 2.45) is 0 Å². The van der Waals surface area contributed by atoms with E-state index < -0.39 is 23.3 Å². The average molecular weight is 502 g/mol. The quantitative estimate of drug-likeness (QED) is 0.158. The fourth-order valence-corrected chi connectivity index (χ4v) is 4.83. The van der Waals surface area contributed by atoms with Crippen LogP contribution in [0.3, 0.4) is 0 Å². The smallest absolute Gasteiger partial charge is 0.408 e. The van der Waals surface area contributed by atoms with Crippen molar-refractivity contribution in [3.63, 3.8) is 0 Å². The van der Waals surface area contributed by atoms with Gasteiger partial charge in [0.2, 0.25) is 0 Å². The monoisotopic (exact) mass is 501 g/mol. The number of thiophene rings is 1. The Morgan fingerprint density at radius 2 is 2.00 bits per heavy atom. The van der Waals surface area contributed by atoms with E-state index in [1.165, 1.54) is 37.1 Å². The number of carbonyl (C=O) groups excluding carboxylic acids is 1. The molecule has 0 saturated heterocycles. The lowest BCUT2D eigenvalue weighted by atomic mass is 9.99. The van der Waals surface area contributed by atoms with Gasteiger partial charge in [0.1, 0.15) is 17.1 Å². The van der Waals surface area contributed by atoms with E-state index in [1.807, 2.05) is 13.8 Å². The van der Waals surface area contributed by atoms with Crippen molar-refractivity contribution in [2.75, 3.05) is 0 Å². The van der Waals surface area contributed by atoms with Crippen LogP contribution in [-0.4, -0.2) is 22.1 Å². The molecule has 1 atom stereocenters. The minimum absolute atomic E-state index is 0.214. The van der Waals surface area contributed by atoms with Crippen molar-refractivity contribution in [3.8, 4) is 5.75 Å². The van der Waals surface area contributed by atoms with Crippen LogP contribution in [0.1, 0.15) is 97.3 Å². The Bertz CT molecular complexity index is 1140. The average Bonchev–Trinajstić information content (AvgIpc) is 3.14. The zero-order valence-corrected chi connectivity index (χ0v) is 21.7. The van der Waals surface area contributed by atoms with E-state index in [4.69, 9.17) is 9.52 Å². The highest BCUT2D eigenvalue weighted by Crippen LogP contribution is 2.29. The largest absolute Gasteiger partial charge is 0.507 e. The van der Waals surface area contributed by atoms with Crippen LogP contribution in [0.4, 0.5) is 4.79 Å². The number of Topliss-reactive ketones (excluding diaryl/α,β-unsaturated/α-hetero) is 1. The normalized spacial score (nSPS) is 12.7. The molecule has 0 aliphatic heterocycles. The van der Waals surface area contributed by atoms with Gasteiger partial charge >= 0.3 is 11.7 Å². The molecule has 0 aliphatic carbocycles. The molecule has 7 nitrogen and oxygen atoms in total. The number of allylic oxidation sites excluding steroid dienone is 2.